The maximum atomic E-state index is 14.1. The number of hydrogen-bond donors (Lipinski definition) is 1. The highest BCUT2D eigenvalue weighted by Crippen LogP contribution is 2.23. The molecule has 0 aromatic heterocycles. The second-order valence-corrected chi connectivity index (χ2v) is 8.31. The summed E-state index contributed by atoms with van der Waals surface area (Å²) in [4.78, 5) is 28.9. The van der Waals surface area contributed by atoms with Gasteiger partial charge in [-0.15, -0.1) is 0 Å². The highest BCUT2D eigenvalue weighted by atomic mass is 19.1. The van der Waals surface area contributed by atoms with Crippen LogP contribution < -0.4 is 9.64 Å². The van der Waals surface area contributed by atoms with Crippen LogP contribution in [0, 0.1) is 11.7 Å². The second-order valence-electron chi connectivity index (χ2n) is 8.31. The number of rotatable bonds is 10. The van der Waals surface area contributed by atoms with E-state index >= 15 is 0 Å². The monoisotopic (exact) mass is 472 g/mol. The number of methoxy groups -OCH3 is 1. The van der Waals surface area contributed by atoms with Crippen molar-refractivity contribution in [1.82, 2.24) is 4.90 Å². The van der Waals surface area contributed by atoms with Gasteiger partial charge >= 0.3 is 5.97 Å². The lowest BCUT2D eigenvalue weighted by Crippen LogP contribution is -2.52. The first-order valence-electron chi connectivity index (χ1n) is 11.7. The molecular weight excluding hydrogens is 439 g/mol. The number of halogens is 1. The third-order valence-electron chi connectivity index (χ3n) is 6.14. The van der Waals surface area contributed by atoms with Gasteiger partial charge in [-0.3, -0.25) is 4.79 Å². The molecule has 1 N–H and O–H groups in total. The molecule has 0 aliphatic carbocycles. The molecule has 0 bridgehead atoms. The Kier molecular flexibility index (Phi) is 9.27. The lowest BCUT2D eigenvalue weighted by Gasteiger charge is -2.38. The Hall–Kier alpha value is -3.13. The van der Waals surface area contributed by atoms with Crippen LogP contribution in [0.15, 0.2) is 48.5 Å². The zero-order valence-corrected chi connectivity index (χ0v) is 19.8. The third kappa shape index (κ3) is 6.47. The summed E-state index contributed by atoms with van der Waals surface area (Å²) in [6.45, 7) is 4.24. The molecule has 7 nitrogen and oxygen atoms in total. The number of carbonyl (C=O) groups excluding carboxylic acids is 2. The van der Waals surface area contributed by atoms with E-state index < -0.39 is 18.0 Å². The van der Waals surface area contributed by atoms with Crippen molar-refractivity contribution in [3.8, 4) is 5.75 Å². The van der Waals surface area contributed by atoms with Crippen LogP contribution in [0.2, 0.25) is 0 Å². The van der Waals surface area contributed by atoms with Crippen molar-refractivity contribution in [3.63, 3.8) is 0 Å². The molecule has 2 aromatic rings. The van der Waals surface area contributed by atoms with Crippen LogP contribution in [0.5, 0.6) is 5.75 Å². The Morgan fingerprint density at radius 1 is 1.06 bits per heavy atom. The number of nitrogens with zero attached hydrogens (tertiary/aromatic N) is 2. The van der Waals surface area contributed by atoms with Crippen molar-refractivity contribution in [2.24, 2.45) is 5.92 Å². The summed E-state index contributed by atoms with van der Waals surface area (Å²) in [5, 5.41) is 10.5. The van der Waals surface area contributed by atoms with E-state index in [9.17, 15) is 19.1 Å². The summed E-state index contributed by atoms with van der Waals surface area (Å²) >= 11 is 0. The predicted octanol–water partition coefficient (Wildman–Crippen LogP) is 3.05. The van der Waals surface area contributed by atoms with Crippen molar-refractivity contribution >= 4 is 17.6 Å². The van der Waals surface area contributed by atoms with E-state index in [0.717, 1.165) is 11.3 Å². The van der Waals surface area contributed by atoms with Crippen LogP contribution in [-0.4, -0.2) is 67.9 Å². The Morgan fingerprint density at radius 2 is 1.74 bits per heavy atom. The summed E-state index contributed by atoms with van der Waals surface area (Å²) in [6, 6.07) is 14.3. The standard InChI is InChI=1S/C26H33FN2O5/c1-3-34-20-13-11-19(12-14-20)7-6-8-21(24(30)26(32)33-2)25(31)29-17-15-28(16-18-29)23-10-5-4-9-22(23)27/h4-5,9-14,21,24,30H,3,6-8,15-18H2,1-2H3/t21-,24+/m1/s1. The molecule has 2 aromatic carbocycles. The minimum absolute atomic E-state index is 0.280. The molecule has 0 spiro atoms. The fourth-order valence-electron chi connectivity index (χ4n) is 4.26. The molecule has 1 aliphatic heterocycles. The van der Waals surface area contributed by atoms with Gasteiger partial charge < -0.3 is 24.4 Å². The van der Waals surface area contributed by atoms with Gasteiger partial charge in [0.15, 0.2) is 6.10 Å². The molecule has 34 heavy (non-hydrogen) atoms. The van der Waals surface area contributed by atoms with Crippen molar-refractivity contribution < 1.29 is 28.6 Å². The van der Waals surface area contributed by atoms with Gasteiger partial charge in [-0.05, 0) is 56.0 Å². The quantitative estimate of drug-likeness (QED) is 0.536. The first-order valence-corrected chi connectivity index (χ1v) is 11.7. The van der Waals surface area contributed by atoms with Gasteiger partial charge in [0.1, 0.15) is 11.6 Å². The maximum Gasteiger partial charge on any atom is 0.335 e. The molecule has 0 radical (unpaired) electrons. The summed E-state index contributed by atoms with van der Waals surface area (Å²) < 4.78 is 24.3. The Morgan fingerprint density at radius 3 is 2.35 bits per heavy atom. The molecule has 1 fully saturated rings. The smallest absolute Gasteiger partial charge is 0.335 e. The molecule has 1 amide bonds. The van der Waals surface area contributed by atoms with Crippen LogP contribution in [0.25, 0.3) is 0 Å². The Balaban J connectivity index is 1.60. The van der Waals surface area contributed by atoms with Crippen molar-refractivity contribution in [1.29, 1.82) is 0 Å². The number of benzene rings is 2. The van der Waals surface area contributed by atoms with E-state index in [1.165, 1.54) is 13.2 Å². The van der Waals surface area contributed by atoms with Crippen molar-refractivity contribution in [3.05, 3.63) is 59.9 Å². The second kappa shape index (κ2) is 12.4. The lowest BCUT2D eigenvalue weighted by atomic mass is 9.92. The Bertz CT molecular complexity index is 944. The molecule has 2 atom stereocenters. The maximum absolute atomic E-state index is 14.1. The normalized spacial score (nSPS) is 15.5. The zero-order valence-electron chi connectivity index (χ0n) is 19.8. The zero-order chi connectivity index (χ0) is 24.5. The summed E-state index contributed by atoms with van der Waals surface area (Å²) in [7, 11) is 1.19. The number of aliphatic hydroxyl groups excluding tert-OH is 1. The molecule has 3 rings (SSSR count). The molecular formula is C26H33FN2O5. The summed E-state index contributed by atoms with van der Waals surface area (Å²) in [5.41, 5.74) is 1.59. The average Bonchev–Trinajstić information content (AvgIpc) is 2.87. The predicted molar refractivity (Wildman–Crippen MR) is 127 cm³/mol. The van der Waals surface area contributed by atoms with E-state index in [1.807, 2.05) is 36.1 Å². The van der Waals surface area contributed by atoms with Crippen LogP contribution in [0.1, 0.15) is 25.3 Å². The van der Waals surface area contributed by atoms with Crippen LogP contribution >= 0.6 is 0 Å². The van der Waals surface area contributed by atoms with Gasteiger partial charge in [0, 0.05) is 26.2 Å². The molecule has 0 saturated carbocycles. The fourth-order valence-corrected chi connectivity index (χ4v) is 4.26. The topological polar surface area (TPSA) is 79.3 Å². The van der Waals surface area contributed by atoms with Crippen molar-refractivity contribution in [2.45, 2.75) is 32.3 Å². The number of carbonyl (C=O) groups is 2. The van der Waals surface area contributed by atoms with Crippen molar-refractivity contribution in [2.75, 3.05) is 44.8 Å². The number of anilines is 1. The number of amides is 1. The first kappa shape index (κ1) is 25.5. The van der Waals surface area contributed by atoms with Gasteiger partial charge in [-0.25, -0.2) is 9.18 Å². The molecule has 8 heteroatoms. The van der Waals surface area contributed by atoms with E-state index in [2.05, 4.69) is 0 Å². The molecule has 1 saturated heterocycles. The van der Waals surface area contributed by atoms with Gasteiger partial charge in [0.25, 0.3) is 0 Å². The van der Waals surface area contributed by atoms with Gasteiger partial charge in [0.05, 0.1) is 25.3 Å². The first-order chi connectivity index (χ1) is 16.4. The number of aliphatic hydroxyl groups is 1. The minimum Gasteiger partial charge on any atom is -0.494 e. The SMILES string of the molecule is CCOc1ccc(CCC[C@@H](C(=O)N2CCN(c3ccccc3F)CC2)[C@H](O)C(=O)OC)cc1. The van der Waals surface area contributed by atoms with E-state index in [1.54, 1.807) is 23.1 Å². The summed E-state index contributed by atoms with van der Waals surface area (Å²) in [6.07, 6.45) is 0.136. The van der Waals surface area contributed by atoms with Gasteiger partial charge in [-0.2, -0.15) is 0 Å². The highest BCUT2D eigenvalue weighted by Gasteiger charge is 2.36. The van der Waals surface area contributed by atoms with Crippen LogP contribution in [0.3, 0.4) is 0 Å². The number of para-hydroxylation sites is 1. The highest BCUT2D eigenvalue weighted by molar-refractivity contribution is 5.86. The lowest BCUT2D eigenvalue weighted by molar-refractivity contribution is -0.159. The van der Waals surface area contributed by atoms with Crippen LogP contribution in [0.4, 0.5) is 10.1 Å². The van der Waals surface area contributed by atoms with Gasteiger partial charge in [0.2, 0.25) is 5.91 Å². The number of piperazine rings is 1. The number of ether oxygens (including phenoxy) is 2. The van der Waals surface area contributed by atoms with Crippen LogP contribution in [-0.2, 0) is 20.7 Å². The number of esters is 1. The fraction of sp³-hybridized carbons (Fsp3) is 0.462. The van der Waals surface area contributed by atoms with E-state index in [4.69, 9.17) is 9.47 Å². The summed E-state index contributed by atoms with van der Waals surface area (Å²) in [5.74, 6) is -1.48. The van der Waals surface area contributed by atoms with Gasteiger partial charge in [-0.1, -0.05) is 24.3 Å². The Labute approximate surface area is 200 Å². The molecule has 0 unspecified atom stereocenters. The number of aryl methyl sites for hydroxylation is 1. The van der Waals surface area contributed by atoms with E-state index in [0.29, 0.717) is 57.7 Å². The largest absolute Gasteiger partial charge is 0.494 e. The molecule has 184 valence electrons. The third-order valence-corrected chi connectivity index (χ3v) is 6.14. The molecule has 1 aliphatic rings. The van der Waals surface area contributed by atoms with E-state index in [-0.39, 0.29) is 11.7 Å². The molecule has 1 heterocycles. The number of hydrogen-bond acceptors (Lipinski definition) is 6. The average molecular weight is 473 g/mol. The minimum atomic E-state index is -1.53.